The van der Waals surface area contributed by atoms with E-state index in [9.17, 15) is 8.42 Å². The summed E-state index contributed by atoms with van der Waals surface area (Å²) >= 11 is 8.24. The van der Waals surface area contributed by atoms with Crippen LogP contribution in [0.25, 0.3) is 0 Å². The average molecular weight is 385 g/mol. The zero-order valence-electron chi connectivity index (χ0n) is 11.1. The minimum Gasteiger partial charge on any atom is -0.389 e. The summed E-state index contributed by atoms with van der Waals surface area (Å²) in [6, 6.07) is 11.7. The largest absolute Gasteiger partial charge is 0.389 e. The van der Waals surface area contributed by atoms with Gasteiger partial charge in [0.2, 0.25) is 0 Å². The van der Waals surface area contributed by atoms with E-state index in [0.717, 1.165) is 5.56 Å². The van der Waals surface area contributed by atoms with Crippen LogP contribution in [0.3, 0.4) is 0 Å². The number of hydrogen-bond donors (Lipinski definition) is 2. The number of hydrogen-bond acceptors (Lipinski definition) is 3. The summed E-state index contributed by atoms with van der Waals surface area (Å²) in [6.07, 6.45) is 0. The Kier molecular flexibility index (Phi) is 4.65. The standard InChI is InChI=1S/C14H13BrN2O2S2/c1-9-6-7-12(11(15)8-9)17-21(18,19)13-5-3-2-4-10(13)14(16)20/h2-8,17H,1H3,(H2,16,20). The maximum absolute atomic E-state index is 12.5. The van der Waals surface area contributed by atoms with Crippen molar-refractivity contribution in [3.05, 3.63) is 58.1 Å². The molecule has 4 nitrogen and oxygen atoms in total. The van der Waals surface area contributed by atoms with Crippen LogP contribution in [0, 0.1) is 6.92 Å². The zero-order valence-corrected chi connectivity index (χ0v) is 14.3. The summed E-state index contributed by atoms with van der Waals surface area (Å²) in [7, 11) is -3.77. The number of nitrogens with one attached hydrogen (secondary N) is 1. The van der Waals surface area contributed by atoms with E-state index in [4.69, 9.17) is 18.0 Å². The van der Waals surface area contributed by atoms with Crippen LogP contribution in [0.5, 0.6) is 0 Å². The highest BCUT2D eigenvalue weighted by Crippen LogP contribution is 2.27. The third kappa shape index (κ3) is 3.61. The molecular formula is C14H13BrN2O2S2. The molecule has 21 heavy (non-hydrogen) atoms. The molecule has 0 saturated carbocycles. The van der Waals surface area contributed by atoms with Crippen LogP contribution in [0.1, 0.15) is 11.1 Å². The Bertz CT molecular complexity index is 804. The number of anilines is 1. The van der Waals surface area contributed by atoms with E-state index in [1.54, 1.807) is 24.3 Å². The lowest BCUT2D eigenvalue weighted by atomic mass is 10.2. The van der Waals surface area contributed by atoms with Gasteiger partial charge < -0.3 is 5.73 Å². The van der Waals surface area contributed by atoms with Crippen LogP contribution in [0.2, 0.25) is 0 Å². The van der Waals surface area contributed by atoms with Gasteiger partial charge in [-0.3, -0.25) is 4.72 Å². The maximum atomic E-state index is 12.5. The molecule has 0 fully saturated rings. The molecule has 0 radical (unpaired) electrons. The summed E-state index contributed by atoms with van der Waals surface area (Å²) in [5.74, 6) is 0. The quantitative estimate of drug-likeness (QED) is 0.793. The number of sulfonamides is 1. The van der Waals surface area contributed by atoms with Crippen molar-refractivity contribution in [1.82, 2.24) is 0 Å². The highest BCUT2D eigenvalue weighted by Gasteiger charge is 2.20. The summed E-state index contributed by atoms with van der Waals surface area (Å²) in [4.78, 5) is 0.101. The molecule has 0 heterocycles. The van der Waals surface area contributed by atoms with Crippen LogP contribution in [-0.2, 0) is 10.0 Å². The third-order valence-electron chi connectivity index (χ3n) is 2.81. The van der Waals surface area contributed by atoms with Crippen molar-refractivity contribution in [2.24, 2.45) is 5.73 Å². The van der Waals surface area contributed by atoms with E-state index >= 15 is 0 Å². The summed E-state index contributed by atoms with van der Waals surface area (Å²) in [5, 5.41) is 0. The van der Waals surface area contributed by atoms with Gasteiger partial charge in [-0.05, 0) is 46.6 Å². The van der Waals surface area contributed by atoms with Gasteiger partial charge in [-0.15, -0.1) is 0 Å². The molecule has 0 aliphatic rings. The van der Waals surface area contributed by atoms with Crippen molar-refractivity contribution in [3.8, 4) is 0 Å². The Morgan fingerprint density at radius 1 is 1.24 bits per heavy atom. The van der Waals surface area contributed by atoms with Crippen LogP contribution < -0.4 is 10.5 Å². The fourth-order valence-electron chi connectivity index (χ4n) is 1.81. The Hall–Kier alpha value is -1.44. The molecule has 0 spiro atoms. The Labute approximate surface area is 137 Å². The number of thiocarbonyl (C=S) groups is 1. The highest BCUT2D eigenvalue weighted by atomic mass is 79.9. The SMILES string of the molecule is Cc1ccc(NS(=O)(=O)c2ccccc2C(N)=S)c(Br)c1. The fourth-order valence-corrected chi connectivity index (χ4v) is 4.08. The highest BCUT2D eigenvalue weighted by molar-refractivity contribution is 9.10. The van der Waals surface area contributed by atoms with Crippen LogP contribution in [0.4, 0.5) is 5.69 Å². The van der Waals surface area contributed by atoms with Crippen molar-refractivity contribution in [3.63, 3.8) is 0 Å². The van der Waals surface area contributed by atoms with Gasteiger partial charge in [0.05, 0.1) is 10.6 Å². The monoisotopic (exact) mass is 384 g/mol. The second-order valence-electron chi connectivity index (χ2n) is 4.45. The first-order valence-electron chi connectivity index (χ1n) is 5.99. The molecule has 2 aromatic carbocycles. The molecule has 0 unspecified atom stereocenters. The Balaban J connectivity index is 2.46. The number of halogens is 1. The molecule has 3 N–H and O–H groups in total. The molecule has 2 rings (SSSR count). The normalized spacial score (nSPS) is 11.1. The van der Waals surface area contributed by atoms with E-state index in [-0.39, 0.29) is 9.88 Å². The third-order valence-corrected chi connectivity index (χ3v) is 5.11. The number of nitrogens with two attached hydrogens (primary N) is 1. The van der Waals surface area contributed by atoms with Crippen molar-refractivity contribution in [2.75, 3.05) is 4.72 Å². The van der Waals surface area contributed by atoms with Crippen LogP contribution >= 0.6 is 28.1 Å². The van der Waals surface area contributed by atoms with Gasteiger partial charge in [0.1, 0.15) is 4.99 Å². The van der Waals surface area contributed by atoms with Gasteiger partial charge in [-0.1, -0.05) is 36.5 Å². The van der Waals surface area contributed by atoms with Gasteiger partial charge in [0.15, 0.2) is 0 Å². The minimum atomic E-state index is -3.77. The molecule has 0 bridgehead atoms. The van der Waals surface area contributed by atoms with Gasteiger partial charge in [-0.25, -0.2) is 8.42 Å². The van der Waals surface area contributed by atoms with Gasteiger partial charge in [0, 0.05) is 10.0 Å². The number of aryl methyl sites for hydroxylation is 1. The van der Waals surface area contributed by atoms with Crippen molar-refractivity contribution >= 4 is 48.8 Å². The fraction of sp³-hybridized carbons (Fsp3) is 0.0714. The summed E-state index contributed by atoms with van der Waals surface area (Å²) in [6.45, 7) is 1.92. The predicted molar refractivity (Wildman–Crippen MR) is 92.0 cm³/mol. The van der Waals surface area contributed by atoms with E-state index in [0.29, 0.717) is 15.7 Å². The predicted octanol–water partition coefficient (Wildman–Crippen LogP) is 3.19. The topological polar surface area (TPSA) is 72.2 Å². The maximum Gasteiger partial charge on any atom is 0.262 e. The van der Waals surface area contributed by atoms with Gasteiger partial charge in [0.25, 0.3) is 10.0 Å². The van der Waals surface area contributed by atoms with Gasteiger partial charge in [-0.2, -0.15) is 0 Å². The average Bonchev–Trinajstić information content (AvgIpc) is 2.42. The lowest BCUT2D eigenvalue weighted by Gasteiger charge is -2.13. The van der Waals surface area contributed by atoms with Gasteiger partial charge >= 0.3 is 0 Å². The molecule has 0 aromatic heterocycles. The first-order valence-corrected chi connectivity index (χ1v) is 8.67. The van der Waals surface area contributed by atoms with E-state index < -0.39 is 10.0 Å². The molecular weight excluding hydrogens is 372 g/mol. The molecule has 110 valence electrons. The molecule has 7 heteroatoms. The Morgan fingerprint density at radius 2 is 1.90 bits per heavy atom. The first-order chi connectivity index (χ1) is 9.81. The lowest BCUT2D eigenvalue weighted by molar-refractivity contribution is 0.601. The number of benzene rings is 2. The molecule has 0 aliphatic heterocycles. The first kappa shape index (κ1) is 15.9. The zero-order chi connectivity index (χ0) is 15.6. The summed E-state index contributed by atoms with van der Waals surface area (Å²) in [5.41, 5.74) is 7.39. The molecule has 0 atom stereocenters. The van der Waals surface area contributed by atoms with Crippen LogP contribution in [-0.4, -0.2) is 13.4 Å². The molecule has 0 saturated heterocycles. The number of rotatable bonds is 4. The summed E-state index contributed by atoms with van der Waals surface area (Å²) < 4.78 is 28.2. The van der Waals surface area contributed by atoms with Crippen molar-refractivity contribution in [1.29, 1.82) is 0 Å². The Morgan fingerprint density at radius 3 is 2.52 bits per heavy atom. The van der Waals surface area contributed by atoms with Crippen molar-refractivity contribution < 1.29 is 8.42 Å². The molecule has 0 aliphatic carbocycles. The second kappa shape index (κ2) is 6.13. The van der Waals surface area contributed by atoms with Crippen molar-refractivity contribution in [2.45, 2.75) is 11.8 Å². The molecule has 2 aromatic rings. The molecule has 0 amide bonds. The van der Waals surface area contributed by atoms with E-state index in [2.05, 4.69) is 20.7 Å². The minimum absolute atomic E-state index is 0.0407. The van der Waals surface area contributed by atoms with E-state index in [1.165, 1.54) is 6.07 Å². The van der Waals surface area contributed by atoms with E-state index in [1.807, 2.05) is 19.1 Å². The van der Waals surface area contributed by atoms with Crippen LogP contribution in [0.15, 0.2) is 51.8 Å². The lowest BCUT2D eigenvalue weighted by Crippen LogP contribution is -2.19. The second-order valence-corrected chi connectivity index (χ2v) is 7.39. The smallest absolute Gasteiger partial charge is 0.262 e.